The molecule has 0 bridgehead atoms. The van der Waals surface area contributed by atoms with E-state index in [-0.39, 0.29) is 0 Å². The number of rotatable bonds is 3. The highest BCUT2D eigenvalue weighted by atomic mass is 32.2. The highest BCUT2D eigenvalue weighted by Crippen LogP contribution is 2.00. The Balaban J connectivity index is 4.41. The summed E-state index contributed by atoms with van der Waals surface area (Å²) in [6.07, 6.45) is 6.24. The molecule has 0 aliphatic carbocycles. The first-order valence-electron chi connectivity index (χ1n) is 2.78. The summed E-state index contributed by atoms with van der Waals surface area (Å²) in [5.41, 5.74) is 0. The van der Waals surface area contributed by atoms with E-state index in [4.69, 9.17) is 4.55 Å². The van der Waals surface area contributed by atoms with Gasteiger partial charge in [-0.25, -0.2) is 4.21 Å². The van der Waals surface area contributed by atoms with Crippen LogP contribution in [0.5, 0.6) is 0 Å². The second-order valence-electron chi connectivity index (χ2n) is 1.55. The van der Waals surface area contributed by atoms with Gasteiger partial charge < -0.3 is 4.55 Å². The number of hydrogen-bond acceptors (Lipinski definition) is 1. The highest BCUT2D eigenvalue weighted by molar-refractivity contribution is 7.83. The molecule has 56 valence electrons. The van der Waals surface area contributed by atoms with Gasteiger partial charge in [-0.15, -0.1) is 0 Å². The van der Waals surface area contributed by atoms with Crippen molar-refractivity contribution >= 4 is 11.1 Å². The van der Waals surface area contributed by atoms with E-state index < -0.39 is 11.1 Å². The molecule has 3 heteroatoms. The van der Waals surface area contributed by atoms with Crippen molar-refractivity contribution in [2.24, 2.45) is 0 Å². The summed E-state index contributed by atoms with van der Waals surface area (Å²) in [7, 11) is 0. The molecule has 1 atom stereocenters. The van der Waals surface area contributed by atoms with E-state index in [9.17, 15) is 4.21 Å². The molecule has 0 radical (unpaired) electrons. The van der Waals surface area contributed by atoms with E-state index in [0.29, 0.717) is 4.91 Å². The van der Waals surface area contributed by atoms with Gasteiger partial charge in [0.15, 0.2) is 11.1 Å². The third-order valence-electron chi connectivity index (χ3n) is 0.815. The van der Waals surface area contributed by atoms with Crippen molar-refractivity contribution in [2.75, 3.05) is 0 Å². The molecule has 0 aromatic carbocycles. The van der Waals surface area contributed by atoms with Crippen molar-refractivity contribution in [3.05, 3.63) is 35.8 Å². The Morgan fingerprint density at radius 1 is 1.70 bits per heavy atom. The molecule has 0 heterocycles. The molecule has 0 aliphatic heterocycles. The Morgan fingerprint density at radius 3 is 2.60 bits per heavy atom. The Labute approximate surface area is 63.2 Å². The monoisotopic (exact) mass is 158 g/mol. The molecule has 10 heavy (non-hydrogen) atoms. The molecule has 0 amide bonds. The Morgan fingerprint density at radius 2 is 2.30 bits per heavy atom. The molecular weight excluding hydrogens is 148 g/mol. The van der Waals surface area contributed by atoms with Gasteiger partial charge in [-0.3, -0.25) is 0 Å². The minimum Gasteiger partial charge on any atom is -0.302 e. The largest absolute Gasteiger partial charge is 0.302 e. The predicted molar refractivity (Wildman–Crippen MR) is 43.9 cm³/mol. The number of allylic oxidation sites excluding steroid dienone is 4. The van der Waals surface area contributed by atoms with Gasteiger partial charge in [0.25, 0.3) is 0 Å². The minimum atomic E-state index is -1.90. The van der Waals surface area contributed by atoms with E-state index >= 15 is 0 Å². The van der Waals surface area contributed by atoms with Crippen LogP contribution >= 0.6 is 0 Å². The molecule has 0 aromatic rings. The van der Waals surface area contributed by atoms with Crippen LogP contribution in [-0.4, -0.2) is 8.76 Å². The average molecular weight is 158 g/mol. The zero-order valence-electron chi connectivity index (χ0n) is 5.78. The molecule has 2 nitrogen and oxygen atoms in total. The van der Waals surface area contributed by atoms with Gasteiger partial charge in [0.05, 0.1) is 4.91 Å². The van der Waals surface area contributed by atoms with Gasteiger partial charge in [-0.1, -0.05) is 18.7 Å². The van der Waals surface area contributed by atoms with Gasteiger partial charge in [-0.2, -0.15) is 0 Å². The molecule has 0 aliphatic rings. The third kappa shape index (κ3) is 3.37. The maximum Gasteiger partial charge on any atom is 0.186 e. The quantitative estimate of drug-likeness (QED) is 0.502. The van der Waals surface area contributed by atoms with Gasteiger partial charge in [0, 0.05) is 0 Å². The zero-order chi connectivity index (χ0) is 7.98. The first kappa shape index (κ1) is 9.33. The predicted octanol–water partition coefficient (Wildman–Crippen LogP) is 1.85. The Kier molecular flexibility index (Phi) is 4.80. The van der Waals surface area contributed by atoms with Crippen molar-refractivity contribution in [2.45, 2.75) is 6.92 Å². The maximum atomic E-state index is 10.4. The summed E-state index contributed by atoms with van der Waals surface area (Å²) in [4.78, 5) is 0.359. The first-order chi connectivity index (χ1) is 4.72. The van der Waals surface area contributed by atoms with Crippen LogP contribution in [0.25, 0.3) is 0 Å². The average Bonchev–Trinajstić information content (AvgIpc) is 1.87. The van der Waals surface area contributed by atoms with Crippen LogP contribution in [0, 0.1) is 0 Å². The van der Waals surface area contributed by atoms with Gasteiger partial charge in [-0.05, 0) is 19.1 Å². The fourth-order valence-electron chi connectivity index (χ4n) is 0.452. The smallest absolute Gasteiger partial charge is 0.186 e. The normalized spacial score (nSPS) is 15.6. The second kappa shape index (κ2) is 5.14. The van der Waals surface area contributed by atoms with Gasteiger partial charge in [0.1, 0.15) is 0 Å². The molecule has 0 saturated carbocycles. The van der Waals surface area contributed by atoms with E-state index in [1.807, 2.05) is 0 Å². The lowest BCUT2D eigenvalue weighted by Crippen LogP contribution is -1.87. The first-order valence-corrected chi connectivity index (χ1v) is 3.89. The van der Waals surface area contributed by atoms with Crippen molar-refractivity contribution in [3.8, 4) is 0 Å². The van der Waals surface area contributed by atoms with Crippen LogP contribution < -0.4 is 0 Å². The fraction of sp³-hybridized carbons (Fsp3) is 0.143. The summed E-state index contributed by atoms with van der Waals surface area (Å²) < 4.78 is 19.0. The highest BCUT2D eigenvalue weighted by Gasteiger charge is 1.95. The Hall–Kier alpha value is -0.670. The van der Waals surface area contributed by atoms with Gasteiger partial charge in [0.2, 0.25) is 0 Å². The summed E-state index contributed by atoms with van der Waals surface area (Å²) in [5.74, 6) is 0. The van der Waals surface area contributed by atoms with Crippen LogP contribution in [0.2, 0.25) is 0 Å². The lowest BCUT2D eigenvalue weighted by atomic mass is 10.4. The summed E-state index contributed by atoms with van der Waals surface area (Å²) in [6.45, 7) is 5.19. The summed E-state index contributed by atoms with van der Waals surface area (Å²) >= 11 is -1.90. The lowest BCUT2D eigenvalue weighted by Gasteiger charge is -1.90. The third-order valence-corrected chi connectivity index (χ3v) is 1.49. The molecule has 0 spiro atoms. The van der Waals surface area contributed by atoms with Crippen molar-refractivity contribution < 1.29 is 8.76 Å². The van der Waals surface area contributed by atoms with Crippen LogP contribution in [-0.2, 0) is 11.1 Å². The van der Waals surface area contributed by atoms with Gasteiger partial charge >= 0.3 is 0 Å². The maximum absolute atomic E-state index is 10.4. The van der Waals surface area contributed by atoms with Crippen molar-refractivity contribution in [1.82, 2.24) is 0 Å². The molecule has 0 aromatic heterocycles. The SMILES string of the molecule is C=C/C=C(\C=C/C)S(=O)O. The molecule has 0 saturated heterocycles. The molecule has 1 N–H and O–H groups in total. The second-order valence-corrected chi connectivity index (χ2v) is 2.52. The lowest BCUT2D eigenvalue weighted by molar-refractivity contribution is 0.572. The number of hydrogen-bond donors (Lipinski definition) is 1. The van der Waals surface area contributed by atoms with E-state index in [0.717, 1.165) is 0 Å². The molecular formula is C7H10O2S. The van der Waals surface area contributed by atoms with Crippen molar-refractivity contribution in [1.29, 1.82) is 0 Å². The molecule has 0 fully saturated rings. The van der Waals surface area contributed by atoms with Crippen molar-refractivity contribution in [3.63, 3.8) is 0 Å². The Bertz CT molecular complexity index is 192. The topological polar surface area (TPSA) is 37.3 Å². The van der Waals surface area contributed by atoms with E-state index in [1.54, 1.807) is 19.1 Å². The zero-order valence-corrected chi connectivity index (χ0v) is 6.60. The van der Waals surface area contributed by atoms with Crippen LogP contribution in [0.15, 0.2) is 35.8 Å². The molecule has 1 unspecified atom stereocenters. The summed E-state index contributed by atoms with van der Waals surface area (Å²) in [5, 5.41) is 0. The minimum absolute atomic E-state index is 0.359. The summed E-state index contributed by atoms with van der Waals surface area (Å²) in [6, 6.07) is 0. The van der Waals surface area contributed by atoms with E-state index in [1.165, 1.54) is 12.2 Å². The fourth-order valence-corrected chi connectivity index (χ4v) is 0.918. The van der Waals surface area contributed by atoms with E-state index in [2.05, 4.69) is 6.58 Å². The molecule has 0 rings (SSSR count). The van der Waals surface area contributed by atoms with Crippen LogP contribution in [0.1, 0.15) is 6.92 Å². The standard InChI is InChI=1S/C7H10O2S/c1-3-5-7(6-4-2)10(8)9/h3-6H,1H2,2H3,(H,8,9)/b6-4-,7-5+. The van der Waals surface area contributed by atoms with Crippen LogP contribution in [0.4, 0.5) is 0 Å². The van der Waals surface area contributed by atoms with Crippen LogP contribution in [0.3, 0.4) is 0 Å².